The van der Waals surface area contributed by atoms with Gasteiger partial charge in [0, 0.05) is 37.4 Å². The summed E-state index contributed by atoms with van der Waals surface area (Å²) in [6.45, 7) is 1.22. The van der Waals surface area contributed by atoms with Crippen molar-refractivity contribution in [3.05, 3.63) is 53.1 Å². The fourth-order valence-electron chi connectivity index (χ4n) is 1.90. The molecular formula is C14H17ClN4O. The zero-order valence-corrected chi connectivity index (χ0v) is 12.0. The van der Waals surface area contributed by atoms with Gasteiger partial charge in [-0.3, -0.25) is 0 Å². The van der Waals surface area contributed by atoms with Gasteiger partial charge in [-0.25, -0.2) is 9.78 Å². The lowest BCUT2D eigenvalue weighted by atomic mass is 10.2. The summed E-state index contributed by atoms with van der Waals surface area (Å²) in [6.07, 6.45) is 4.34. The molecule has 0 saturated heterocycles. The van der Waals surface area contributed by atoms with Gasteiger partial charge in [0.25, 0.3) is 0 Å². The lowest BCUT2D eigenvalue weighted by Gasteiger charge is -2.10. The number of halogens is 1. The molecule has 0 spiro atoms. The average Bonchev–Trinajstić information content (AvgIpc) is 2.88. The third-order valence-electron chi connectivity index (χ3n) is 2.96. The van der Waals surface area contributed by atoms with Crippen LogP contribution in [0.2, 0.25) is 5.02 Å². The van der Waals surface area contributed by atoms with E-state index in [1.165, 1.54) is 0 Å². The number of rotatable bonds is 5. The third-order valence-corrected chi connectivity index (χ3v) is 3.33. The maximum absolute atomic E-state index is 11.1. The summed E-state index contributed by atoms with van der Waals surface area (Å²) in [6, 6.07) is 7.56. The Balaban J connectivity index is 1.98. The van der Waals surface area contributed by atoms with Crippen LogP contribution in [-0.2, 0) is 13.0 Å². The van der Waals surface area contributed by atoms with Crippen LogP contribution >= 0.6 is 11.6 Å². The van der Waals surface area contributed by atoms with E-state index >= 15 is 0 Å². The summed E-state index contributed by atoms with van der Waals surface area (Å²) in [7, 11) is 1.59. The molecule has 1 aromatic carbocycles. The quantitative estimate of drug-likeness (QED) is 0.886. The van der Waals surface area contributed by atoms with Crippen LogP contribution in [0.5, 0.6) is 0 Å². The zero-order chi connectivity index (χ0) is 14.4. The van der Waals surface area contributed by atoms with Gasteiger partial charge >= 0.3 is 6.03 Å². The molecule has 1 heterocycles. The van der Waals surface area contributed by atoms with Crippen molar-refractivity contribution in [1.29, 1.82) is 0 Å². The van der Waals surface area contributed by atoms with Crippen LogP contribution in [0.1, 0.15) is 11.4 Å². The summed E-state index contributed by atoms with van der Waals surface area (Å²) >= 11 is 6.16. The van der Waals surface area contributed by atoms with Gasteiger partial charge in [0.05, 0.1) is 6.54 Å². The van der Waals surface area contributed by atoms with Crippen molar-refractivity contribution in [2.75, 3.05) is 13.6 Å². The van der Waals surface area contributed by atoms with Crippen molar-refractivity contribution in [2.45, 2.75) is 13.0 Å². The molecule has 2 rings (SSSR count). The highest BCUT2D eigenvalue weighted by molar-refractivity contribution is 6.31. The van der Waals surface area contributed by atoms with Crippen LogP contribution in [-0.4, -0.2) is 29.2 Å². The van der Waals surface area contributed by atoms with Gasteiger partial charge in [-0.15, -0.1) is 0 Å². The van der Waals surface area contributed by atoms with Crippen molar-refractivity contribution < 1.29 is 4.79 Å². The molecule has 106 valence electrons. The lowest BCUT2D eigenvalue weighted by Crippen LogP contribution is -2.34. The molecule has 1 aromatic heterocycles. The molecule has 0 aliphatic carbocycles. The maximum Gasteiger partial charge on any atom is 0.314 e. The smallest absolute Gasteiger partial charge is 0.314 e. The topological polar surface area (TPSA) is 59.0 Å². The van der Waals surface area contributed by atoms with E-state index < -0.39 is 0 Å². The Labute approximate surface area is 123 Å². The number of benzene rings is 1. The fraction of sp³-hybridized carbons (Fsp3) is 0.286. The molecule has 2 N–H and O–H groups in total. The predicted molar refractivity (Wildman–Crippen MR) is 78.9 cm³/mol. The molecule has 20 heavy (non-hydrogen) atoms. The minimum Gasteiger partial charge on any atom is -0.341 e. The van der Waals surface area contributed by atoms with Gasteiger partial charge in [-0.1, -0.05) is 29.8 Å². The summed E-state index contributed by atoms with van der Waals surface area (Å²) < 4.78 is 2.03. The van der Waals surface area contributed by atoms with E-state index in [9.17, 15) is 4.79 Å². The monoisotopic (exact) mass is 292 g/mol. The predicted octanol–water partition coefficient (Wildman–Crippen LogP) is 2.06. The average molecular weight is 293 g/mol. The first-order valence-electron chi connectivity index (χ1n) is 6.39. The molecule has 2 amide bonds. The summed E-state index contributed by atoms with van der Waals surface area (Å²) in [5.41, 5.74) is 1.05. The number of imidazole rings is 1. The van der Waals surface area contributed by atoms with Crippen molar-refractivity contribution in [2.24, 2.45) is 0 Å². The first-order chi connectivity index (χ1) is 9.70. The van der Waals surface area contributed by atoms with E-state index in [0.29, 0.717) is 19.5 Å². The van der Waals surface area contributed by atoms with Crippen LogP contribution in [0.15, 0.2) is 36.7 Å². The summed E-state index contributed by atoms with van der Waals surface area (Å²) in [5, 5.41) is 6.00. The van der Waals surface area contributed by atoms with E-state index in [1.807, 2.05) is 35.0 Å². The van der Waals surface area contributed by atoms with Crippen molar-refractivity contribution in [1.82, 2.24) is 20.2 Å². The summed E-state index contributed by atoms with van der Waals surface area (Å²) in [5.74, 6) is 0.918. The number of hydrogen-bond acceptors (Lipinski definition) is 2. The van der Waals surface area contributed by atoms with Crippen molar-refractivity contribution in [3.63, 3.8) is 0 Å². The normalized spacial score (nSPS) is 10.3. The van der Waals surface area contributed by atoms with E-state index in [0.717, 1.165) is 16.4 Å². The molecule has 0 saturated carbocycles. The number of carbonyl (C=O) groups excluding carboxylic acids is 1. The highest BCUT2D eigenvalue weighted by Gasteiger charge is 2.06. The van der Waals surface area contributed by atoms with Gasteiger partial charge < -0.3 is 15.2 Å². The number of hydrogen-bond donors (Lipinski definition) is 2. The molecule has 5 nitrogen and oxygen atoms in total. The van der Waals surface area contributed by atoms with Crippen LogP contribution in [0.3, 0.4) is 0 Å². The Kier molecular flexibility index (Phi) is 5.01. The molecule has 0 aliphatic rings. The van der Waals surface area contributed by atoms with Crippen LogP contribution in [0.4, 0.5) is 4.79 Å². The molecule has 0 fully saturated rings. The molecular weight excluding hydrogens is 276 g/mol. The lowest BCUT2D eigenvalue weighted by molar-refractivity contribution is 0.243. The van der Waals surface area contributed by atoms with Gasteiger partial charge in [-0.05, 0) is 11.6 Å². The highest BCUT2D eigenvalue weighted by Crippen LogP contribution is 2.16. The van der Waals surface area contributed by atoms with E-state index in [-0.39, 0.29) is 6.03 Å². The minimum atomic E-state index is -0.186. The summed E-state index contributed by atoms with van der Waals surface area (Å²) in [4.78, 5) is 15.4. The Morgan fingerprint density at radius 1 is 1.40 bits per heavy atom. The maximum atomic E-state index is 11.1. The molecule has 0 aliphatic heterocycles. The second-order valence-electron chi connectivity index (χ2n) is 4.32. The first kappa shape index (κ1) is 14.4. The number of nitrogens with zero attached hydrogens (tertiary/aromatic N) is 2. The number of urea groups is 1. The Hall–Kier alpha value is -2.01. The number of aromatic nitrogens is 2. The number of carbonyl (C=O) groups is 1. The second-order valence-corrected chi connectivity index (χ2v) is 4.73. The molecule has 0 unspecified atom stereocenters. The van der Waals surface area contributed by atoms with Gasteiger partial charge in [0.15, 0.2) is 0 Å². The Morgan fingerprint density at radius 2 is 2.20 bits per heavy atom. The minimum absolute atomic E-state index is 0.186. The Bertz CT molecular complexity index is 582. The fourth-order valence-corrected chi connectivity index (χ4v) is 2.09. The van der Waals surface area contributed by atoms with Gasteiger partial charge in [-0.2, -0.15) is 0 Å². The number of nitrogens with one attached hydrogen (secondary N) is 2. The van der Waals surface area contributed by atoms with Crippen LogP contribution < -0.4 is 10.6 Å². The second kappa shape index (κ2) is 6.96. The molecule has 0 radical (unpaired) electrons. The standard InChI is InChI=1S/C14H17ClN4O/c1-16-14(20)18-7-6-13-17-8-9-19(13)10-11-4-2-3-5-12(11)15/h2-5,8-9H,6-7,10H2,1H3,(H2,16,18,20). The third kappa shape index (κ3) is 3.74. The molecule has 6 heteroatoms. The SMILES string of the molecule is CNC(=O)NCCc1nccn1Cc1ccccc1Cl. The first-order valence-corrected chi connectivity index (χ1v) is 6.77. The molecule has 2 aromatic rings. The Morgan fingerprint density at radius 3 is 2.95 bits per heavy atom. The van der Waals surface area contributed by atoms with Crippen molar-refractivity contribution in [3.8, 4) is 0 Å². The van der Waals surface area contributed by atoms with Gasteiger partial charge in [0.1, 0.15) is 5.82 Å². The molecule has 0 atom stereocenters. The largest absolute Gasteiger partial charge is 0.341 e. The zero-order valence-electron chi connectivity index (χ0n) is 11.3. The van der Waals surface area contributed by atoms with Gasteiger partial charge in [0.2, 0.25) is 0 Å². The highest BCUT2D eigenvalue weighted by atomic mass is 35.5. The van der Waals surface area contributed by atoms with E-state index in [4.69, 9.17) is 11.6 Å². The van der Waals surface area contributed by atoms with Crippen LogP contribution in [0, 0.1) is 0 Å². The van der Waals surface area contributed by atoms with Crippen LogP contribution in [0.25, 0.3) is 0 Å². The van der Waals surface area contributed by atoms with Crippen molar-refractivity contribution >= 4 is 17.6 Å². The number of amides is 2. The molecule has 0 bridgehead atoms. The van der Waals surface area contributed by atoms with E-state index in [2.05, 4.69) is 15.6 Å². The van der Waals surface area contributed by atoms with E-state index in [1.54, 1.807) is 13.2 Å².